The highest BCUT2D eigenvalue weighted by Crippen LogP contribution is 2.28. The lowest BCUT2D eigenvalue weighted by atomic mass is 10.2. The van der Waals surface area contributed by atoms with Crippen LogP contribution in [0, 0.1) is 0 Å². The van der Waals surface area contributed by atoms with Gasteiger partial charge in [-0.1, -0.05) is 18.2 Å². The van der Waals surface area contributed by atoms with E-state index >= 15 is 0 Å². The van der Waals surface area contributed by atoms with Gasteiger partial charge in [-0.3, -0.25) is 4.79 Å². The van der Waals surface area contributed by atoms with Crippen LogP contribution in [0.2, 0.25) is 0 Å². The van der Waals surface area contributed by atoms with Crippen molar-refractivity contribution in [3.05, 3.63) is 5.82 Å². The summed E-state index contributed by atoms with van der Waals surface area (Å²) in [6, 6.07) is -0.193. The van der Waals surface area contributed by atoms with Gasteiger partial charge < -0.3 is 9.47 Å². The standard InChI is InChI=1S/C16H26N4O3S2/c1-3-19(13-8-10-25(22,23)11-13)15(21)12(2)24-16-18-17-14-7-5-4-6-9-20(14)16/h12-13H,3-11H2,1-2H3/t12-,13-/m1/s1. The van der Waals surface area contributed by atoms with E-state index in [2.05, 4.69) is 14.8 Å². The number of aromatic nitrogens is 3. The Balaban J connectivity index is 1.69. The Bertz CT molecular complexity index is 732. The Morgan fingerprint density at radius 3 is 2.84 bits per heavy atom. The molecule has 2 aliphatic rings. The lowest BCUT2D eigenvalue weighted by Crippen LogP contribution is -2.44. The molecule has 3 heterocycles. The number of carbonyl (C=O) groups is 1. The molecule has 1 amide bonds. The maximum Gasteiger partial charge on any atom is 0.236 e. The van der Waals surface area contributed by atoms with Crippen molar-refractivity contribution in [1.29, 1.82) is 0 Å². The topological polar surface area (TPSA) is 85.2 Å². The summed E-state index contributed by atoms with van der Waals surface area (Å²) in [5.41, 5.74) is 0. The van der Waals surface area contributed by atoms with Crippen LogP contribution in [-0.2, 0) is 27.6 Å². The van der Waals surface area contributed by atoms with Crippen molar-refractivity contribution in [3.8, 4) is 0 Å². The maximum absolute atomic E-state index is 12.9. The molecule has 0 aromatic carbocycles. The van der Waals surface area contributed by atoms with Crippen LogP contribution >= 0.6 is 11.8 Å². The summed E-state index contributed by atoms with van der Waals surface area (Å²) in [6.45, 7) is 5.21. The summed E-state index contributed by atoms with van der Waals surface area (Å²) in [6.07, 6.45) is 4.93. The molecule has 9 heteroatoms. The zero-order valence-electron chi connectivity index (χ0n) is 14.8. The first-order chi connectivity index (χ1) is 11.9. The van der Waals surface area contributed by atoms with Gasteiger partial charge >= 0.3 is 0 Å². The summed E-state index contributed by atoms with van der Waals surface area (Å²) < 4.78 is 25.6. The van der Waals surface area contributed by atoms with Crippen molar-refractivity contribution in [2.45, 2.75) is 68.9 Å². The van der Waals surface area contributed by atoms with Crippen LogP contribution in [0.3, 0.4) is 0 Å². The van der Waals surface area contributed by atoms with Gasteiger partial charge in [0.25, 0.3) is 0 Å². The van der Waals surface area contributed by atoms with Crippen molar-refractivity contribution < 1.29 is 13.2 Å². The molecule has 1 fully saturated rings. The Labute approximate surface area is 153 Å². The molecule has 0 spiro atoms. The van der Waals surface area contributed by atoms with Crippen molar-refractivity contribution in [3.63, 3.8) is 0 Å². The summed E-state index contributed by atoms with van der Waals surface area (Å²) in [5.74, 6) is 1.26. The molecule has 1 aromatic heterocycles. The molecule has 1 saturated heterocycles. The van der Waals surface area contributed by atoms with E-state index in [0.29, 0.717) is 13.0 Å². The molecule has 7 nitrogen and oxygen atoms in total. The van der Waals surface area contributed by atoms with Gasteiger partial charge in [0.1, 0.15) is 5.82 Å². The highest BCUT2D eigenvalue weighted by molar-refractivity contribution is 8.00. The monoisotopic (exact) mass is 386 g/mol. The molecule has 25 heavy (non-hydrogen) atoms. The fraction of sp³-hybridized carbons (Fsp3) is 0.812. The second-order valence-corrected chi connectivity index (χ2v) is 10.3. The summed E-state index contributed by atoms with van der Waals surface area (Å²) in [7, 11) is -3.00. The average molecular weight is 387 g/mol. The van der Waals surface area contributed by atoms with Gasteiger partial charge in [0.2, 0.25) is 5.91 Å². The van der Waals surface area contributed by atoms with Gasteiger partial charge in [0, 0.05) is 25.6 Å². The minimum atomic E-state index is -3.00. The van der Waals surface area contributed by atoms with E-state index < -0.39 is 9.84 Å². The van der Waals surface area contributed by atoms with Crippen molar-refractivity contribution in [2.24, 2.45) is 0 Å². The van der Waals surface area contributed by atoms with Crippen LogP contribution in [0.25, 0.3) is 0 Å². The van der Waals surface area contributed by atoms with Crippen LogP contribution in [0.15, 0.2) is 5.16 Å². The van der Waals surface area contributed by atoms with E-state index in [9.17, 15) is 13.2 Å². The van der Waals surface area contributed by atoms with E-state index in [1.807, 2.05) is 13.8 Å². The summed E-state index contributed by atoms with van der Waals surface area (Å²) >= 11 is 1.43. The minimum Gasteiger partial charge on any atom is -0.338 e. The fourth-order valence-corrected chi connectivity index (χ4v) is 6.30. The van der Waals surface area contributed by atoms with E-state index in [0.717, 1.165) is 36.8 Å². The predicted molar refractivity (Wildman–Crippen MR) is 97.3 cm³/mol. The van der Waals surface area contributed by atoms with E-state index in [1.54, 1.807) is 4.90 Å². The third-order valence-electron chi connectivity index (χ3n) is 4.98. The third kappa shape index (κ3) is 4.19. The molecular weight excluding hydrogens is 360 g/mol. The van der Waals surface area contributed by atoms with Gasteiger partial charge in [-0.15, -0.1) is 10.2 Å². The van der Waals surface area contributed by atoms with E-state index in [-0.39, 0.29) is 28.7 Å². The number of hydrogen-bond donors (Lipinski definition) is 0. The first-order valence-corrected chi connectivity index (χ1v) is 11.7. The lowest BCUT2D eigenvalue weighted by molar-refractivity contribution is -0.131. The van der Waals surface area contributed by atoms with Crippen molar-refractivity contribution in [2.75, 3.05) is 18.1 Å². The number of sulfone groups is 1. The quantitative estimate of drug-likeness (QED) is 0.713. The Morgan fingerprint density at radius 1 is 1.36 bits per heavy atom. The molecule has 2 aliphatic heterocycles. The molecule has 3 rings (SSSR count). The van der Waals surface area contributed by atoms with Crippen molar-refractivity contribution in [1.82, 2.24) is 19.7 Å². The molecule has 0 aliphatic carbocycles. The maximum atomic E-state index is 12.9. The molecular formula is C16H26N4O3S2. The second kappa shape index (κ2) is 7.65. The van der Waals surface area contributed by atoms with Gasteiger partial charge in [-0.25, -0.2) is 8.42 Å². The van der Waals surface area contributed by atoms with Crippen LogP contribution in [-0.4, -0.2) is 63.3 Å². The first kappa shape index (κ1) is 18.7. The van der Waals surface area contributed by atoms with Gasteiger partial charge in [-0.05, 0) is 33.1 Å². The molecule has 0 unspecified atom stereocenters. The molecule has 0 N–H and O–H groups in total. The smallest absolute Gasteiger partial charge is 0.236 e. The van der Waals surface area contributed by atoms with Crippen LogP contribution < -0.4 is 0 Å². The van der Waals surface area contributed by atoms with Crippen LogP contribution in [0.1, 0.15) is 45.4 Å². The third-order valence-corrected chi connectivity index (χ3v) is 7.80. The number of thioether (sulfide) groups is 1. The number of hydrogen-bond acceptors (Lipinski definition) is 6. The largest absolute Gasteiger partial charge is 0.338 e. The predicted octanol–water partition coefficient (Wildman–Crippen LogP) is 1.52. The highest BCUT2D eigenvalue weighted by Gasteiger charge is 2.35. The summed E-state index contributed by atoms with van der Waals surface area (Å²) in [4.78, 5) is 14.6. The molecule has 1 aromatic rings. The van der Waals surface area contributed by atoms with Crippen LogP contribution in [0.5, 0.6) is 0 Å². The van der Waals surface area contributed by atoms with Gasteiger partial charge in [0.15, 0.2) is 15.0 Å². The average Bonchev–Trinajstić information content (AvgIpc) is 3.02. The zero-order valence-corrected chi connectivity index (χ0v) is 16.5. The normalized spacial score (nSPS) is 23.7. The Kier molecular flexibility index (Phi) is 5.72. The number of amides is 1. The SMILES string of the molecule is CCN(C(=O)[C@@H](C)Sc1nnc2n1CCCCC2)[C@@H]1CCS(=O)(=O)C1. The molecule has 140 valence electrons. The second-order valence-electron chi connectivity index (χ2n) is 6.80. The van der Waals surface area contributed by atoms with Crippen LogP contribution in [0.4, 0.5) is 0 Å². The number of fused-ring (bicyclic) bond motifs is 1. The zero-order chi connectivity index (χ0) is 18.0. The Hall–Kier alpha value is -1.09. The number of rotatable bonds is 5. The Morgan fingerprint density at radius 2 is 2.16 bits per heavy atom. The number of aryl methyl sites for hydroxylation is 1. The van der Waals surface area contributed by atoms with Crippen molar-refractivity contribution >= 4 is 27.5 Å². The molecule has 0 saturated carbocycles. The van der Waals surface area contributed by atoms with E-state index in [1.165, 1.54) is 18.2 Å². The highest BCUT2D eigenvalue weighted by atomic mass is 32.2. The van der Waals surface area contributed by atoms with Gasteiger partial charge in [-0.2, -0.15) is 0 Å². The summed E-state index contributed by atoms with van der Waals surface area (Å²) in [5, 5.41) is 9.05. The first-order valence-electron chi connectivity index (χ1n) is 9.01. The molecule has 0 radical (unpaired) electrons. The van der Waals surface area contributed by atoms with E-state index in [4.69, 9.17) is 0 Å². The molecule has 2 atom stereocenters. The number of carbonyl (C=O) groups excluding carboxylic acids is 1. The fourth-order valence-electron chi connectivity index (χ4n) is 3.60. The number of nitrogens with zero attached hydrogens (tertiary/aromatic N) is 4. The minimum absolute atomic E-state index is 0.0134. The lowest BCUT2D eigenvalue weighted by Gasteiger charge is -2.29. The molecule has 0 bridgehead atoms. The van der Waals surface area contributed by atoms with Gasteiger partial charge in [0.05, 0.1) is 16.8 Å².